The molecular formula is C22H25NO6S. The minimum atomic E-state index is -0.953. The summed E-state index contributed by atoms with van der Waals surface area (Å²) in [5.74, 6) is -2.47. The molecule has 1 aliphatic rings. The lowest BCUT2D eigenvalue weighted by Crippen LogP contribution is -2.36. The first-order chi connectivity index (χ1) is 14.5. The van der Waals surface area contributed by atoms with E-state index in [-0.39, 0.29) is 18.1 Å². The standard InChI is InChI=1S/C22H25NO6S/c1-3-29-22(27)18-17(13-8-10-14(28-2)11-9-13)12-30-20(18)23-19(24)15-6-4-5-7-16(15)21(25)26/h8-12,15-16H,3-7H2,1-2H3,(H,23,24)(H,25,26)/t15-,16+/m1/s1. The molecule has 0 radical (unpaired) electrons. The molecule has 2 N–H and O–H groups in total. The molecule has 2 atom stereocenters. The van der Waals surface area contributed by atoms with E-state index in [0.717, 1.165) is 18.4 Å². The number of carbonyl (C=O) groups excluding carboxylic acids is 2. The van der Waals surface area contributed by atoms with Crippen molar-refractivity contribution in [3.05, 3.63) is 35.2 Å². The van der Waals surface area contributed by atoms with Crippen molar-refractivity contribution in [3.8, 4) is 16.9 Å². The second-order valence-electron chi connectivity index (χ2n) is 7.13. The number of aliphatic carboxylic acids is 1. The van der Waals surface area contributed by atoms with E-state index in [1.165, 1.54) is 11.3 Å². The van der Waals surface area contributed by atoms with E-state index in [1.54, 1.807) is 31.5 Å². The van der Waals surface area contributed by atoms with Gasteiger partial charge in [-0.25, -0.2) is 4.79 Å². The molecule has 1 fully saturated rings. The molecule has 1 aromatic heterocycles. The Kier molecular flexibility index (Phi) is 7.10. The quantitative estimate of drug-likeness (QED) is 0.629. The minimum absolute atomic E-state index is 0.202. The van der Waals surface area contributed by atoms with E-state index in [4.69, 9.17) is 9.47 Å². The highest BCUT2D eigenvalue weighted by atomic mass is 32.1. The fraction of sp³-hybridized carbons (Fsp3) is 0.409. The van der Waals surface area contributed by atoms with E-state index in [2.05, 4.69) is 5.32 Å². The maximum absolute atomic E-state index is 12.9. The molecule has 0 saturated heterocycles. The first kappa shape index (κ1) is 21.8. The van der Waals surface area contributed by atoms with Gasteiger partial charge in [0, 0.05) is 10.9 Å². The van der Waals surface area contributed by atoms with Gasteiger partial charge in [-0.15, -0.1) is 11.3 Å². The molecule has 1 saturated carbocycles. The van der Waals surface area contributed by atoms with Crippen molar-refractivity contribution in [3.63, 3.8) is 0 Å². The van der Waals surface area contributed by atoms with Gasteiger partial charge in [0.2, 0.25) is 5.91 Å². The summed E-state index contributed by atoms with van der Waals surface area (Å²) in [7, 11) is 1.58. The maximum Gasteiger partial charge on any atom is 0.341 e. The lowest BCUT2D eigenvalue weighted by Gasteiger charge is -2.27. The predicted octanol–water partition coefficient (Wildman–Crippen LogP) is 4.43. The zero-order chi connectivity index (χ0) is 21.7. The van der Waals surface area contributed by atoms with E-state index >= 15 is 0 Å². The molecule has 3 rings (SSSR count). The van der Waals surface area contributed by atoms with Gasteiger partial charge in [-0.05, 0) is 37.5 Å². The number of thiophene rings is 1. The van der Waals surface area contributed by atoms with Gasteiger partial charge in [0.25, 0.3) is 0 Å². The number of carboxylic acids is 1. The van der Waals surface area contributed by atoms with E-state index < -0.39 is 23.8 Å². The Morgan fingerprint density at radius 3 is 2.40 bits per heavy atom. The monoisotopic (exact) mass is 431 g/mol. The Hall–Kier alpha value is -2.87. The van der Waals surface area contributed by atoms with Crippen molar-refractivity contribution in [1.29, 1.82) is 0 Å². The Balaban J connectivity index is 1.92. The first-order valence-corrected chi connectivity index (χ1v) is 10.8. The molecule has 0 unspecified atom stereocenters. The van der Waals surface area contributed by atoms with Gasteiger partial charge in [0.1, 0.15) is 16.3 Å². The minimum Gasteiger partial charge on any atom is -0.497 e. The van der Waals surface area contributed by atoms with Crippen LogP contribution >= 0.6 is 11.3 Å². The maximum atomic E-state index is 12.9. The summed E-state index contributed by atoms with van der Waals surface area (Å²) >= 11 is 1.23. The lowest BCUT2D eigenvalue weighted by atomic mass is 9.79. The number of nitrogens with one attached hydrogen (secondary N) is 1. The topological polar surface area (TPSA) is 102 Å². The highest BCUT2D eigenvalue weighted by Crippen LogP contribution is 2.38. The van der Waals surface area contributed by atoms with Crippen LogP contribution in [0, 0.1) is 11.8 Å². The predicted molar refractivity (Wildman–Crippen MR) is 114 cm³/mol. The van der Waals surface area contributed by atoms with Gasteiger partial charge in [0.15, 0.2) is 0 Å². The SMILES string of the molecule is CCOC(=O)c1c(-c2ccc(OC)cc2)csc1NC(=O)[C@@H]1CCCC[C@@H]1C(=O)O. The number of anilines is 1. The van der Waals surface area contributed by atoms with Gasteiger partial charge >= 0.3 is 11.9 Å². The molecule has 160 valence electrons. The second kappa shape index (κ2) is 9.75. The summed E-state index contributed by atoms with van der Waals surface area (Å²) in [5.41, 5.74) is 1.72. The lowest BCUT2D eigenvalue weighted by molar-refractivity contribution is -0.147. The zero-order valence-corrected chi connectivity index (χ0v) is 17.8. The number of carbonyl (C=O) groups is 3. The number of rotatable bonds is 7. The summed E-state index contributed by atoms with van der Waals surface area (Å²) in [4.78, 5) is 37.2. The number of benzene rings is 1. The van der Waals surface area contributed by atoms with Crippen LogP contribution in [-0.2, 0) is 14.3 Å². The number of hydrogen-bond donors (Lipinski definition) is 2. The molecule has 0 spiro atoms. The van der Waals surface area contributed by atoms with Crippen molar-refractivity contribution in [2.75, 3.05) is 19.0 Å². The van der Waals surface area contributed by atoms with Gasteiger partial charge < -0.3 is 19.9 Å². The molecule has 0 aliphatic heterocycles. The highest BCUT2D eigenvalue weighted by molar-refractivity contribution is 7.15. The fourth-order valence-electron chi connectivity index (χ4n) is 3.78. The first-order valence-electron chi connectivity index (χ1n) is 9.93. The summed E-state index contributed by atoms with van der Waals surface area (Å²) in [5, 5.41) is 14.4. The summed E-state index contributed by atoms with van der Waals surface area (Å²) in [6.45, 7) is 1.92. The smallest absolute Gasteiger partial charge is 0.341 e. The van der Waals surface area contributed by atoms with Crippen molar-refractivity contribution in [2.45, 2.75) is 32.6 Å². The molecule has 1 aromatic carbocycles. The van der Waals surface area contributed by atoms with Crippen molar-refractivity contribution < 1.29 is 29.0 Å². The van der Waals surface area contributed by atoms with Crippen LogP contribution in [0.5, 0.6) is 5.75 Å². The highest BCUT2D eigenvalue weighted by Gasteiger charge is 2.36. The van der Waals surface area contributed by atoms with Crippen molar-refractivity contribution in [2.24, 2.45) is 11.8 Å². The molecule has 0 bridgehead atoms. The van der Waals surface area contributed by atoms with E-state index in [0.29, 0.717) is 29.2 Å². The van der Waals surface area contributed by atoms with Crippen LogP contribution < -0.4 is 10.1 Å². The molecule has 8 heteroatoms. The molecule has 1 heterocycles. The Labute approximate surface area is 179 Å². The molecule has 2 aromatic rings. The van der Waals surface area contributed by atoms with Crippen LogP contribution in [-0.4, -0.2) is 36.7 Å². The summed E-state index contributed by atoms with van der Waals surface area (Å²) in [6, 6.07) is 7.24. The number of hydrogen-bond acceptors (Lipinski definition) is 6. The van der Waals surface area contributed by atoms with Crippen LogP contribution in [0.1, 0.15) is 43.0 Å². The number of carboxylic acid groups (broad SMARTS) is 1. The Morgan fingerprint density at radius 2 is 1.80 bits per heavy atom. The van der Waals surface area contributed by atoms with Crippen LogP contribution in [0.3, 0.4) is 0 Å². The van der Waals surface area contributed by atoms with E-state index in [1.807, 2.05) is 12.1 Å². The van der Waals surface area contributed by atoms with Crippen LogP contribution in [0.15, 0.2) is 29.6 Å². The fourth-order valence-corrected chi connectivity index (χ4v) is 4.74. The van der Waals surface area contributed by atoms with Gasteiger partial charge in [-0.1, -0.05) is 25.0 Å². The summed E-state index contributed by atoms with van der Waals surface area (Å²) < 4.78 is 10.4. The Morgan fingerprint density at radius 1 is 1.13 bits per heavy atom. The third-order valence-corrected chi connectivity index (χ3v) is 6.22. The van der Waals surface area contributed by atoms with E-state index in [9.17, 15) is 19.5 Å². The van der Waals surface area contributed by atoms with Gasteiger partial charge in [-0.3, -0.25) is 9.59 Å². The largest absolute Gasteiger partial charge is 0.497 e. The van der Waals surface area contributed by atoms with Gasteiger partial charge in [0.05, 0.1) is 25.6 Å². The average molecular weight is 432 g/mol. The number of amides is 1. The zero-order valence-electron chi connectivity index (χ0n) is 17.0. The number of methoxy groups -OCH3 is 1. The molecule has 7 nitrogen and oxygen atoms in total. The third kappa shape index (κ3) is 4.64. The van der Waals surface area contributed by atoms with Gasteiger partial charge in [-0.2, -0.15) is 0 Å². The molecular weight excluding hydrogens is 406 g/mol. The van der Waals surface area contributed by atoms with Crippen molar-refractivity contribution >= 4 is 34.2 Å². The molecule has 1 amide bonds. The third-order valence-electron chi connectivity index (χ3n) is 5.33. The van der Waals surface area contributed by atoms with Crippen molar-refractivity contribution in [1.82, 2.24) is 0 Å². The number of esters is 1. The Bertz CT molecular complexity index is 920. The van der Waals surface area contributed by atoms with Crippen LogP contribution in [0.4, 0.5) is 5.00 Å². The number of ether oxygens (including phenoxy) is 2. The molecule has 1 aliphatic carbocycles. The van der Waals surface area contributed by atoms with Crippen LogP contribution in [0.2, 0.25) is 0 Å². The average Bonchev–Trinajstić information content (AvgIpc) is 3.17. The molecule has 30 heavy (non-hydrogen) atoms. The summed E-state index contributed by atoms with van der Waals surface area (Å²) in [6.07, 6.45) is 2.62. The normalized spacial score (nSPS) is 18.5. The second-order valence-corrected chi connectivity index (χ2v) is 8.01. The van der Waals surface area contributed by atoms with Crippen LogP contribution in [0.25, 0.3) is 11.1 Å².